The van der Waals surface area contributed by atoms with Crippen LogP contribution in [0.5, 0.6) is 0 Å². The van der Waals surface area contributed by atoms with E-state index in [-0.39, 0.29) is 5.63 Å². The minimum absolute atomic E-state index is 0.276. The van der Waals surface area contributed by atoms with Gasteiger partial charge in [0.05, 0.1) is 10.9 Å². The minimum Gasteiger partial charge on any atom is -0.408 e. The Balaban J connectivity index is 2.09. The SMILES string of the molecule is O=c1oc(C2CCCCC2)nc2ccc(Br)cc12. The van der Waals surface area contributed by atoms with Gasteiger partial charge in [-0.1, -0.05) is 35.2 Å². The maximum atomic E-state index is 12.0. The summed E-state index contributed by atoms with van der Waals surface area (Å²) in [6.07, 6.45) is 5.85. The Bertz CT molecular complexity index is 629. The fraction of sp³-hybridized carbons (Fsp3) is 0.429. The Morgan fingerprint density at radius 3 is 2.78 bits per heavy atom. The molecule has 1 aliphatic rings. The molecule has 1 aromatic carbocycles. The van der Waals surface area contributed by atoms with E-state index in [1.165, 1.54) is 19.3 Å². The second kappa shape index (κ2) is 4.84. The van der Waals surface area contributed by atoms with Gasteiger partial charge in [0, 0.05) is 10.4 Å². The molecule has 1 heterocycles. The van der Waals surface area contributed by atoms with Crippen molar-refractivity contribution in [2.24, 2.45) is 0 Å². The third-order valence-corrected chi connectivity index (χ3v) is 4.05. The summed E-state index contributed by atoms with van der Waals surface area (Å²) >= 11 is 3.35. The Labute approximate surface area is 113 Å². The van der Waals surface area contributed by atoms with Crippen LogP contribution in [0.25, 0.3) is 10.9 Å². The van der Waals surface area contributed by atoms with Crippen LogP contribution >= 0.6 is 15.9 Å². The number of nitrogens with zero attached hydrogens (tertiary/aromatic N) is 1. The van der Waals surface area contributed by atoms with Gasteiger partial charge in [-0.25, -0.2) is 9.78 Å². The average Bonchev–Trinajstić information content (AvgIpc) is 2.40. The molecule has 0 spiro atoms. The molecule has 1 fully saturated rings. The topological polar surface area (TPSA) is 43.1 Å². The molecule has 1 aliphatic carbocycles. The maximum absolute atomic E-state index is 12.0. The van der Waals surface area contributed by atoms with Crippen molar-refractivity contribution >= 4 is 26.8 Å². The molecular formula is C14H14BrNO2. The molecule has 0 atom stereocenters. The Morgan fingerprint density at radius 2 is 2.00 bits per heavy atom. The van der Waals surface area contributed by atoms with Gasteiger partial charge in [0.2, 0.25) is 5.89 Å². The highest BCUT2D eigenvalue weighted by Gasteiger charge is 2.20. The van der Waals surface area contributed by atoms with Crippen molar-refractivity contribution in [1.29, 1.82) is 0 Å². The molecule has 0 radical (unpaired) electrons. The maximum Gasteiger partial charge on any atom is 0.346 e. The first kappa shape index (κ1) is 11.9. The molecule has 3 nitrogen and oxygen atoms in total. The molecule has 0 amide bonds. The standard InChI is InChI=1S/C14H14BrNO2/c15-10-6-7-12-11(8-10)14(17)18-13(16-12)9-4-2-1-3-5-9/h6-9H,1-5H2. The van der Waals surface area contributed by atoms with Crippen molar-refractivity contribution in [2.45, 2.75) is 38.0 Å². The zero-order valence-corrected chi connectivity index (χ0v) is 11.6. The van der Waals surface area contributed by atoms with Crippen LogP contribution in [0, 0.1) is 0 Å². The number of hydrogen-bond acceptors (Lipinski definition) is 3. The lowest BCUT2D eigenvalue weighted by Crippen LogP contribution is -2.11. The molecule has 0 unspecified atom stereocenters. The first-order valence-corrected chi connectivity index (χ1v) is 7.13. The quantitative estimate of drug-likeness (QED) is 0.800. The van der Waals surface area contributed by atoms with Gasteiger partial charge < -0.3 is 4.42 Å². The predicted molar refractivity (Wildman–Crippen MR) is 73.8 cm³/mol. The molecule has 0 N–H and O–H groups in total. The largest absolute Gasteiger partial charge is 0.408 e. The van der Waals surface area contributed by atoms with E-state index in [0.717, 1.165) is 22.8 Å². The number of hydrogen-bond donors (Lipinski definition) is 0. The summed E-state index contributed by atoms with van der Waals surface area (Å²) in [6, 6.07) is 5.53. The molecule has 4 heteroatoms. The van der Waals surface area contributed by atoms with Crippen LogP contribution < -0.4 is 5.63 Å². The number of aromatic nitrogens is 1. The fourth-order valence-electron chi connectivity index (χ4n) is 2.58. The third kappa shape index (κ3) is 2.21. The minimum atomic E-state index is -0.276. The second-order valence-electron chi connectivity index (χ2n) is 4.84. The van der Waals surface area contributed by atoms with E-state index in [2.05, 4.69) is 20.9 Å². The number of benzene rings is 1. The van der Waals surface area contributed by atoms with Crippen molar-refractivity contribution in [3.63, 3.8) is 0 Å². The summed E-state index contributed by atoms with van der Waals surface area (Å²) in [6.45, 7) is 0. The summed E-state index contributed by atoms with van der Waals surface area (Å²) in [5, 5.41) is 0.545. The zero-order chi connectivity index (χ0) is 12.5. The highest BCUT2D eigenvalue weighted by atomic mass is 79.9. The Morgan fingerprint density at radius 1 is 1.22 bits per heavy atom. The van der Waals surface area contributed by atoms with Crippen molar-refractivity contribution in [2.75, 3.05) is 0 Å². The van der Waals surface area contributed by atoms with Gasteiger partial charge in [0.25, 0.3) is 0 Å². The highest BCUT2D eigenvalue weighted by Crippen LogP contribution is 2.31. The van der Waals surface area contributed by atoms with Gasteiger partial charge in [-0.3, -0.25) is 0 Å². The molecule has 1 saturated carbocycles. The van der Waals surface area contributed by atoms with Crippen LogP contribution in [-0.2, 0) is 0 Å². The average molecular weight is 308 g/mol. The number of rotatable bonds is 1. The van der Waals surface area contributed by atoms with Gasteiger partial charge in [0.1, 0.15) is 0 Å². The van der Waals surface area contributed by atoms with Crippen LogP contribution in [0.4, 0.5) is 0 Å². The van der Waals surface area contributed by atoms with E-state index in [9.17, 15) is 4.79 Å². The highest BCUT2D eigenvalue weighted by molar-refractivity contribution is 9.10. The molecule has 1 aromatic heterocycles. The fourth-order valence-corrected chi connectivity index (χ4v) is 2.95. The van der Waals surface area contributed by atoms with E-state index in [4.69, 9.17) is 4.42 Å². The molecule has 0 aliphatic heterocycles. The molecule has 94 valence electrons. The van der Waals surface area contributed by atoms with Gasteiger partial charge in [0.15, 0.2) is 0 Å². The summed E-state index contributed by atoms with van der Waals surface area (Å²) in [5.41, 5.74) is 0.455. The molecule has 0 saturated heterocycles. The van der Waals surface area contributed by atoms with E-state index in [1.54, 1.807) is 6.07 Å². The van der Waals surface area contributed by atoms with Crippen LogP contribution in [0.15, 0.2) is 31.9 Å². The predicted octanol–water partition coefficient (Wildman–Crippen LogP) is 4.00. The van der Waals surface area contributed by atoms with Crippen molar-refractivity contribution in [3.8, 4) is 0 Å². The summed E-state index contributed by atoms with van der Waals surface area (Å²) in [5.74, 6) is 0.939. The van der Waals surface area contributed by atoms with Crippen LogP contribution in [0.3, 0.4) is 0 Å². The van der Waals surface area contributed by atoms with Crippen molar-refractivity contribution < 1.29 is 4.42 Å². The zero-order valence-electron chi connectivity index (χ0n) is 9.99. The van der Waals surface area contributed by atoms with E-state index in [0.29, 0.717) is 17.2 Å². The molecule has 3 rings (SSSR count). The van der Waals surface area contributed by atoms with Crippen molar-refractivity contribution in [1.82, 2.24) is 4.98 Å². The van der Waals surface area contributed by atoms with E-state index < -0.39 is 0 Å². The number of fused-ring (bicyclic) bond motifs is 1. The monoisotopic (exact) mass is 307 g/mol. The smallest absolute Gasteiger partial charge is 0.346 e. The summed E-state index contributed by atoms with van der Waals surface area (Å²) < 4.78 is 6.27. The third-order valence-electron chi connectivity index (χ3n) is 3.56. The summed E-state index contributed by atoms with van der Waals surface area (Å²) in [7, 11) is 0. The normalized spacial score (nSPS) is 17.2. The molecule has 18 heavy (non-hydrogen) atoms. The van der Waals surface area contributed by atoms with Crippen LogP contribution in [0.2, 0.25) is 0 Å². The van der Waals surface area contributed by atoms with E-state index in [1.807, 2.05) is 12.1 Å². The first-order chi connectivity index (χ1) is 8.74. The van der Waals surface area contributed by atoms with Crippen LogP contribution in [-0.4, -0.2) is 4.98 Å². The lowest BCUT2D eigenvalue weighted by atomic mass is 9.89. The van der Waals surface area contributed by atoms with Crippen LogP contribution in [0.1, 0.15) is 43.9 Å². The number of halogens is 1. The molecule has 0 bridgehead atoms. The van der Waals surface area contributed by atoms with E-state index >= 15 is 0 Å². The van der Waals surface area contributed by atoms with Gasteiger partial charge in [-0.05, 0) is 31.0 Å². The lowest BCUT2D eigenvalue weighted by Gasteiger charge is -2.19. The van der Waals surface area contributed by atoms with Gasteiger partial charge >= 0.3 is 5.63 Å². The van der Waals surface area contributed by atoms with Gasteiger partial charge in [-0.2, -0.15) is 0 Å². The van der Waals surface area contributed by atoms with Crippen molar-refractivity contribution in [3.05, 3.63) is 39.0 Å². The lowest BCUT2D eigenvalue weighted by molar-refractivity contribution is 0.342. The molecule has 2 aromatic rings. The Kier molecular flexibility index (Phi) is 3.20. The van der Waals surface area contributed by atoms with Gasteiger partial charge in [-0.15, -0.1) is 0 Å². The first-order valence-electron chi connectivity index (χ1n) is 6.34. The Hall–Kier alpha value is -1.16. The second-order valence-corrected chi connectivity index (χ2v) is 5.75. The molecular weight excluding hydrogens is 294 g/mol. The summed E-state index contributed by atoms with van der Waals surface area (Å²) in [4.78, 5) is 16.5.